The summed E-state index contributed by atoms with van der Waals surface area (Å²) in [4.78, 5) is 12.0. The molecular formula is C21H24O3. The van der Waals surface area contributed by atoms with Gasteiger partial charge in [0.2, 0.25) is 0 Å². The Balaban J connectivity index is 1.63. The molecule has 1 aliphatic rings. The predicted molar refractivity (Wildman–Crippen MR) is 94.4 cm³/mol. The fraction of sp³-hybridized carbons (Fsp3) is 0.381. The van der Waals surface area contributed by atoms with Crippen LogP contribution in [0.2, 0.25) is 0 Å². The van der Waals surface area contributed by atoms with E-state index in [2.05, 4.69) is 18.2 Å². The number of ketones is 1. The molecule has 0 aliphatic heterocycles. The van der Waals surface area contributed by atoms with E-state index in [0.717, 1.165) is 42.7 Å². The van der Waals surface area contributed by atoms with Crippen LogP contribution in [0, 0.1) is 5.92 Å². The highest BCUT2D eigenvalue weighted by Gasteiger charge is 2.22. The number of carbonyl (C=O) groups is 1. The summed E-state index contributed by atoms with van der Waals surface area (Å²) in [6.45, 7) is 0.493. The zero-order chi connectivity index (χ0) is 16.8. The molecule has 126 valence electrons. The van der Waals surface area contributed by atoms with Crippen molar-refractivity contribution in [2.75, 3.05) is 7.11 Å². The Morgan fingerprint density at radius 3 is 2.58 bits per heavy atom. The molecule has 0 spiro atoms. The Bertz CT molecular complexity index is 693. The number of benzene rings is 2. The zero-order valence-electron chi connectivity index (χ0n) is 14.2. The van der Waals surface area contributed by atoms with Crippen LogP contribution in [0.25, 0.3) is 0 Å². The van der Waals surface area contributed by atoms with Crippen molar-refractivity contribution in [3.63, 3.8) is 0 Å². The minimum Gasteiger partial charge on any atom is -0.493 e. The number of hydrogen-bond acceptors (Lipinski definition) is 3. The van der Waals surface area contributed by atoms with Crippen molar-refractivity contribution in [1.82, 2.24) is 0 Å². The largest absolute Gasteiger partial charge is 0.493 e. The van der Waals surface area contributed by atoms with Gasteiger partial charge in [-0.25, -0.2) is 0 Å². The number of ether oxygens (including phenoxy) is 2. The third-order valence-corrected chi connectivity index (χ3v) is 4.62. The first kappa shape index (κ1) is 16.6. The SMILES string of the molecule is COc1ccccc1OCc1cccc(CC2CCCCC2=O)c1. The van der Waals surface area contributed by atoms with Gasteiger partial charge in [0.25, 0.3) is 0 Å². The van der Waals surface area contributed by atoms with Crippen LogP contribution in [-0.4, -0.2) is 12.9 Å². The molecule has 24 heavy (non-hydrogen) atoms. The van der Waals surface area contributed by atoms with Gasteiger partial charge in [0.05, 0.1) is 7.11 Å². The maximum Gasteiger partial charge on any atom is 0.161 e. The van der Waals surface area contributed by atoms with Crippen molar-refractivity contribution in [2.45, 2.75) is 38.7 Å². The number of carbonyl (C=O) groups excluding carboxylic acids is 1. The summed E-state index contributed by atoms with van der Waals surface area (Å²) in [5.41, 5.74) is 2.33. The lowest BCUT2D eigenvalue weighted by Crippen LogP contribution is -2.21. The molecule has 0 aromatic heterocycles. The molecular weight excluding hydrogens is 300 g/mol. The fourth-order valence-corrected chi connectivity index (χ4v) is 3.30. The lowest BCUT2D eigenvalue weighted by molar-refractivity contribution is -0.124. The summed E-state index contributed by atoms with van der Waals surface area (Å²) in [5, 5.41) is 0. The normalized spacial score (nSPS) is 17.5. The van der Waals surface area contributed by atoms with Gasteiger partial charge in [0.1, 0.15) is 12.4 Å². The number of rotatable bonds is 6. The van der Waals surface area contributed by atoms with Gasteiger partial charge in [-0.3, -0.25) is 4.79 Å². The maximum absolute atomic E-state index is 12.0. The van der Waals surface area contributed by atoms with E-state index in [-0.39, 0.29) is 5.92 Å². The number of Topliss-reactive ketones (excluding diaryl/α,β-unsaturated/α-hetero) is 1. The number of hydrogen-bond donors (Lipinski definition) is 0. The molecule has 1 unspecified atom stereocenters. The quantitative estimate of drug-likeness (QED) is 0.780. The second kappa shape index (κ2) is 8.00. The van der Waals surface area contributed by atoms with Crippen LogP contribution >= 0.6 is 0 Å². The van der Waals surface area contributed by atoms with E-state index in [0.29, 0.717) is 12.4 Å². The molecule has 1 aliphatic carbocycles. The summed E-state index contributed by atoms with van der Waals surface area (Å²) in [7, 11) is 1.64. The summed E-state index contributed by atoms with van der Waals surface area (Å²) >= 11 is 0. The van der Waals surface area contributed by atoms with Crippen molar-refractivity contribution >= 4 is 5.78 Å². The van der Waals surface area contributed by atoms with E-state index in [1.165, 1.54) is 12.0 Å². The minimum atomic E-state index is 0.198. The van der Waals surface area contributed by atoms with Crippen molar-refractivity contribution in [3.8, 4) is 11.5 Å². The summed E-state index contributed by atoms with van der Waals surface area (Å²) < 4.78 is 11.2. The van der Waals surface area contributed by atoms with Crippen LogP contribution in [0.5, 0.6) is 11.5 Å². The van der Waals surface area contributed by atoms with Gasteiger partial charge in [0, 0.05) is 12.3 Å². The van der Waals surface area contributed by atoms with Gasteiger partial charge in [-0.15, -0.1) is 0 Å². The first-order chi connectivity index (χ1) is 11.8. The van der Waals surface area contributed by atoms with Gasteiger partial charge in [-0.05, 0) is 42.5 Å². The van der Waals surface area contributed by atoms with Crippen LogP contribution in [-0.2, 0) is 17.8 Å². The second-order valence-corrected chi connectivity index (χ2v) is 6.37. The Morgan fingerprint density at radius 1 is 1.00 bits per heavy atom. The standard InChI is InChI=1S/C21H24O3/c1-23-20-11-4-5-12-21(20)24-15-17-8-6-7-16(13-17)14-18-9-2-3-10-19(18)22/h4-8,11-13,18H,2-3,9-10,14-15H2,1H3. The van der Waals surface area contributed by atoms with Crippen molar-refractivity contribution < 1.29 is 14.3 Å². The van der Waals surface area contributed by atoms with Crippen LogP contribution in [0.3, 0.4) is 0 Å². The monoisotopic (exact) mass is 324 g/mol. The molecule has 3 rings (SSSR count). The lowest BCUT2D eigenvalue weighted by atomic mass is 9.83. The third-order valence-electron chi connectivity index (χ3n) is 4.62. The van der Waals surface area contributed by atoms with Crippen molar-refractivity contribution in [2.24, 2.45) is 5.92 Å². The molecule has 0 radical (unpaired) electrons. The smallest absolute Gasteiger partial charge is 0.161 e. The first-order valence-corrected chi connectivity index (χ1v) is 8.62. The molecule has 2 aromatic carbocycles. The molecule has 3 heteroatoms. The molecule has 1 atom stereocenters. The maximum atomic E-state index is 12.0. The molecule has 3 nitrogen and oxygen atoms in total. The van der Waals surface area contributed by atoms with E-state index < -0.39 is 0 Å². The molecule has 2 aromatic rings. The topological polar surface area (TPSA) is 35.5 Å². The predicted octanol–water partition coefficient (Wildman–Crippen LogP) is 4.58. The molecule has 0 heterocycles. The van der Waals surface area contributed by atoms with Crippen LogP contribution in [0.1, 0.15) is 36.8 Å². The van der Waals surface area contributed by atoms with E-state index >= 15 is 0 Å². The lowest BCUT2D eigenvalue weighted by Gasteiger charge is -2.20. The van der Waals surface area contributed by atoms with E-state index in [1.54, 1.807) is 7.11 Å². The summed E-state index contributed by atoms with van der Waals surface area (Å²) in [6, 6.07) is 16.0. The number of para-hydroxylation sites is 2. The van der Waals surface area contributed by atoms with E-state index in [4.69, 9.17) is 9.47 Å². The Kier molecular flexibility index (Phi) is 5.52. The average molecular weight is 324 g/mol. The highest BCUT2D eigenvalue weighted by Crippen LogP contribution is 2.27. The van der Waals surface area contributed by atoms with Gasteiger partial charge in [-0.1, -0.05) is 42.8 Å². The molecule has 0 saturated heterocycles. The Hall–Kier alpha value is -2.29. The molecule has 0 bridgehead atoms. The molecule has 1 saturated carbocycles. The van der Waals surface area contributed by atoms with Gasteiger partial charge >= 0.3 is 0 Å². The summed E-state index contributed by atoms with van der Waals surface area (Å²) in [5.74, 6) is 2.11. The van der Waals surface area contributed by atoms with Gasteiger partial charge in [0.15, 0.2) is 11.5 Å². The summed E-state index contributed by atoms with van der Waals surface area (Å²) in [6.07, 6.45) is 4.86. The highest BCUT2D eigenvalue weighted by molar-refractivity contribution is 5.81. The van der Waals surface area contributed by atoms with Crippen molar-refractivity contribution in [3.05, 3.63) is 59.7 Å². The van der Waals surface area contributed by atoms with Crippen LogP contribution < -0.4 is 9.47 Å². The highest BCUT2D eigenvalue weighted by atomic mass is 16.5. The second-order valence-electron chi connectivity index (χ2n) is 6.37. The third kappa shape index (κ3) is 4.16. The Morgan fingerprint density at radius 2 is 1.79 bits per heavy atom. The zero-order valence-corrected chi connectivity index (χ0v) is 14.2. The van der Waals surface area contributed by atoms with Crippen LogP contribution in [0.4, 0.5) is 0 Å². The molecule has 0 N–H and O–H groups in total. The van der Waals surface area contributed by atoms with E-state index in [1.807, 2.05) is 30.3 Å². The first-order valence-electron chi connectivity index (χ1n) is 8.62. The fourth-order valence-electron chi connectivity index (χ4n) is 3.30. The van der Waals surface area contributed by atoms with Gasteiger partial charge < -0.3 is 9.47 Å². The minimum absolute atomic E-state index is 0.198. The average Bonchev–Trinajstić information content (AvgIpc) is 2.62. The Labute approximate surface area is 143 Å². The van der Waals surface area contributed by atoms with Crippen LogP contribution in [0.15, 0.2) is 48.5 Å². The molecule has 1 fully saturated rings. The van der Waals surface area contributed by atoms with Crippen molar-refractivity contribution in [1.29, 1.82) is 0 Å². The van der Waals surface area contributed by atoms with Gasteiger partial charge in [-0.2, -0.15) is 0 Å². The number of methoxy groups -OCH3 is 1. The molecule has 0 amide bonds. The van der Waals surface area contributed by atoms with E-state index in [9.17, 15) is 4.79 Å².